The number of hydrogen-bond donors (Lipinski definition) is 0. The molecule has 2 saturated heterocycles. The number of ketones is 2. The van der Waals surface area contributed by atoms with E-state index in [0.717, 1.165) is 100 Å². The number of fused-ring (bicyclic) bond motifs is 3. The van der Waals surface area contributed by atoms with Crippen molar-refractivity contribution in [2.75, 3.05) is 55.6 Å². The number of carbonyl (C=O) groups excluding carboxylic acids is 2. The number of hydrogen-bond acceptors (Lipinski definition) is 10. The fraction of sp³-hybridized carbons (Fsp3) is 0.680. The van der Waals surface area contributed by atoms with Gasteiger partial charge in [0.25, 0.3) is 0 Å². The van der Waals surface area contributed by atoms with Crippen LogP contribution in [0.2, 0.25) is 0 Å². The minimum Gasteiger partial charge on any atom is -0.493 e. The normalized spacial score (nSPS) is 42.3. The minimum atomic E-state index is -0.715. The average molecular weight is 821 g/mol. The second-order valence-electron chi connectivity index (χ2n) is 20.3. The second-order valence-corrected chi connectivity index (χ2v) is 20.3. The van der Waals surface area contributed by atoms with Crippen molar-refractivity contribution in [2.45, 2.75) is 137 Å². The van der Waals surface area contributed by atoms with E-state index in [4.69, 9.17) is 28.4 Å². The van der Waals surface area contributed by atoms with E-state index < -0.39 is 11.2 Å². The predicted molar refractivity (Wildman–Crippen MR) is 226 cm³/mol. The number of likely N-dealkylation sites (N-methyl/N-ethyl adjacent to an activating group) is 2. The van der Waals surface area contributed by atoms with Crippen LogP contribution in [0, 0.1) is 22.7 Å². The molecule has 12 atom stereocenters. The van der Waals surface area contributed by atoms with Crippen LogP contribution in [0.15, 0.2) is 36.4 Å². The van der Waals surface area contributed by atoms with Gasteiger partial charge in [0, 0.05) is 66.5 Å². The Morgan fingerprint density at radius 1 is 0.683 bits per heavy atom. The fourth-order valence-corrected chi connectivity index (χ4v) is 16.6. The third-order valence-corrected chi connectivity index (χ3v) is 18.9. The summed E-state index contributed by atoms with van der Waals surface area (Å²) >= 11 is 0. The van der Waals surface area contributed by atoms with Gasteiger partial charge in [0.1, 0.15) is 35.0 Å². The van der Waals surface area contributed by atoms with Crippen LogP contribution in [0.3, 0.4) is 0 Å². The molecule has 4 spiro atoms. The topological polar surface area (TPSA) is 96.0 Å². The Labute approximate surface area is 355 Å². The third-order valence-electron chi connectivity index (χ3n) is 18.9. The van der Waals surface area contributed by atoms with E-state index >= 15 is 0 Å². The molecule has 10 nitrogen and oxygen atoms in total. The first-order valence-corrected chi connectivity index (χ1v) is 23.0. The quantitative estimate of drug-likeness (QED) is 0.239. The lowest BCUT2D eigenvalue weighted by atomic mass is 9.34. The second kappa shape index (κ2) is 13.1. The van der Waals surface area contributed by atoms with Gasteiger partial charge >= 0.3 is 0 Å². The van der Waals surface area contributed by atoms with Crippen LogP contribution in [0.5, 0.6) is 23.0 Å². The van der Waals surface area contributed by atoms with E-state index in [-0.39, 0.29) is 45.7 Å². The first-order chi connectivity index (χ1) is 29.0. The molecule has 0 aromatic heterocycles. The summed E-state index contributed by atoms with van der Waals surface area (Å²) in [5.41, 5.74) is 3.99. The molecule has 2 aromatic carbocycles. The molecule has 0 amide bonds. The lowest BCUT2D eigenvalue weighted by Gasteiger charge is -2.73. The van der Waals surface area contributed by atoms with Crippen molar-refractivity contribution in [1.29, 1.82) is 0 Å². The van der Waals surface area contributed by atoms with Crippen LogP contribution in [0.4, 0.5) is 0 Å². The zero-order valence-corrected chi connectivity index (χ0v) is 37.0. The number of ether oxygens (including phenoxy) is 6. The first-order valence-electron chi connectivity index (χ1n) is 23.0. The van der Waals surface area contributed by atoms with Gasteiger partial charge in [-0.1, -0.05) is 38.1 Å². The summed E-state index contributed by atoms with van der Waals surface area (Å²) in [5, 5.41) is 0. The molecule has 60 heavy (non-hydrogen) atoms. The lowest BCUT2D eigenvalue weighted by molar-refractivity contribution is -0.270. The highest BCUT2D eigenvalue weighted by atomic mass is 16.6. The molecule has 4 aliphatic heterocycles. The molecule has 322 valence electrons. The van der Waals surface area contributed by atoms with Gasteiger partial charge in [-0.15, -0.1) is 0 Å². The number of Topliss-reactive ketones (excluding diaryl/α,β-unsaturated/α-hetero) is 2. The van der Waals surface area contributed by atoms with Crippen LogP contribution < -0.4 is 18.9 Å². The van der Waals surface area contributed by atoms with Crippen LogP contribution in [0.1, 0.15) is 100 Å². The van der Waals surface area contributed by atoms with Crippen molar-refractivity contribution in [1.82, 2.24) is 9.80 Å². The number of likely N-dealkylation sites (tertiary alicyclic amines) is 2. The van der Waals surface area contributed by atoms with Gasteiger partial charge in [-0.2, -0.15) is 0 Å². The summed E-state index contributed by atoms with van der Waals surface area (Å²) in [6.07, 6.45) is 15.2. The van der Waals surface area contributed by atoms with E-state index in [0.29, 0.717) is 36.5 Å². The number of rotatable bonds is 10. The van der Waals surface area contributed by atoms with Gasteiger partial charge in [-0.05, 0) is 115 Å². The van der Waals surface area contributed by atoms with Gasteiger partial charge in [-0.3, -0.25) is 9.59 Å². The molecule has 0 radical (unpaired) electrons. The van der Waals surface area contributed by atoms with Gasteiger partial charge < -0.3 is 38.2 Å². The Morgan fingerprint density at radius 3 is 1.88 bits per heavy atom. The van der Waals surface area contributed by atoms with Crippen molar-refractivity contribution < 1.29 is 38.0 Å². The molecule has 4 saturated carbocycles. The minimum absolute atomic E-state index is 0.0705. The maximum Gasteiger partial charge on any atom is 0.166 e. The molecule has 6 fully saturated rings. The van der Waals surface area contributed by atoms with Crippen molar-refractivity contribution in [2.24, 2.45) is 22.7 Å². The largest absolute Gasteiger partial charge is 0.493 e. The highest BCUT2D eigenvalue weighted by Crippen LogP contribution is 2.77. The van der Waals surface area contributed by atoms with Crippen molar-refractivity contribution >= 4 is 11.6 Å². The molecular formula is C50H64N2O8. The number of carbonyl (C=O) groups is 2. The fourth-order valence-electron chi connectivity index (χ4n) is 16.6. The maximum atomic E-state index is 13.4. The van der Waals surface area contributed by atoms with E-state index in [1.807, 2.05) is 6.07 Å². The Bertz CT molecular complexity index is 2190. The highest BCUT2D eigenvalue weighted by molar-refractivity contribution is 5.85. The summed E-state index contributed by atoms with van der Waals surface area (Å²) in [7, 11) is 11.5. The smallest absolute Gasteiger partial charge is 0.166 e. The zero-order valence-electron chi connectivity index (χ0n) is 37.0. The standard InChI is InChI=1S/C25H33NO4.C25H31NO4/c2*1-5-6-17(27)16-14-23-9-10-25(16,29-4)22-24(23)11-12-26(2)19(23)13-15-7-8-18(28-3)21(30-22)20(15)24/h7-8,16,19,22H,5-6,9-14H2,1-4H3;7-10,16,19,22H,5-6,11-14H2,1-4H3/t2*16-,19-,22-,23-,24+,25-/m11/s1. The highest BCUT2D eigenvalue weighted by Gasteiger charge is 2.82. The van der Waals surface area contributed by atoms with E-state index in [1.165, 1.54) is 22.3 Å². The molecular weight excluding hydrogens is 757 g/mol. The Balaban J connectivity index is 0.000000136. The molecule has 2 aromatic rings. The number of benzene rings is 2. The summed E-state index contributed by atoms with van der Waals surface area (Å²) in [6.45, 7) is 6.27. The van der Waals surface area contributed by atoms with Gasteiger partial charge in [-0.25, -0.2) is 0 Å². The monoisotopic (exact) mass is 820 g/mol. The van der Waals surface area contributed by atoms with E-state index in [9.17, 15) is 9.59 Å². The summed E-state index contributed by atoms with van der Waals surface area (Å²) in [4.78, 5) is 31.9. The summed E-state index contributed by atoms with van der Waals surface area (Å²) < 4.78 is 37.9. The molecule has 4 heterocycles. The molecule has 0 unspecified atom stereocenters. The SMILES string of the molecule is CCCC(=O)[C@H]1C[C@@]23C=C[C@]1(OC)[C@@H]1Oc4c(OC)ccc5c4[C@@]12CCN(C)[C@@H]3C5.CCCC(=O)[C@H]1C[C@@]23CC[C@]1(OC)[C@@H]1Oc4c(OC)ccc5c4[C@@]12CCN(C)[C@@H]3C5. The van der Waals surface area contributed by atoms with E-state index in [2.05, 4.69) is 68.1 Å². The van der Waals surface area contributed by atoms with Gasteiger partial charge in [0.05, 0.1) is 31.5 Å². The Morgan fingerprint density at radius 2 is 1.27 bits per heavy atom. The summed E-state index contributed by atoms with van der Waals surface area (Å²) in [6, 6.07) is 9.42. The molecule has 14 rings (SSSR count). The van der Waals surface area contributed by atoms with E-state index in [1.54, 1.807) is 28.4 Å². The van der Waals surface area contributed by atoms with Crippen LogP contribution in [-0.2, 0) is 42.7 Å². The molecule has 0 N–H and O–H groups in total. The van der Waals surface area contributed by atoms with Gasteiger partial charge in [0.2, 0.25) is 0 Å². The number of nitrogens with zero attached hydrogens (tertiary/aromatic N) is 2. The predicted octanol–water partition coefficient (Wildman–Crippen LogP) is 6.79. The van der Waals surface area contributed by atoms with Crippen LogP contribution >= 0.6 is 0 Å². The van der Waals surface area contributed by atoms with Crippen LogP contribution in [0.25, 0.3) is 0 Å². The molecule has 10 heteroatoms. The molecule has 8 aliphatic carbocycles. The Kier molecular flexibility index (Phi) is 8.57. The van der Waals surface area contributed by atoms with Crippen molar-refractivity contribution in [3.05, 3.63) is 58.7 Å². The Hall–Kier alpha value is -3.44. The molecule has 8 bridgehead atoms. The average Bonchev–Trinajstić information content (AvgIpc) is 3.83. The summed E-state index contributed by atoms with van der Waals surface area (Å²) in [5.74, 6) is 3.88. The van der Waals surface area contributed by atoms with Crippen LogP contribution in [-0.4, -0.2) is 112 Å². The third kappa shape index (κ3) is 4.22. The first kappa shape index (κ1) is 39.4. The number of methoxy groups -OCH3 is 4. The number of piperidine rings is 2. The molecule has 12 aliphatic rings. The maximum absolute atomic E-state index is 13.4. The van der Waals surface area contributed by atoms with Gasteiger partial charge in [0.15, 0.2) is 23.0 Å². The zero-order chi connectivity index (χ0) is 41.8. The lowest BCUT2D eigenvalue weighted by Crippen LogP contribution is -2.81. The van der Waals surface area contributed by atoms with Crippen molar-refractivity contribution in [3.63, 3.8) is 0 Å². The van der Waals surface area contributed by atoms with Crippen molar-refractivity contribution in [3.8, 4) is 23.0 Å².